The van der Waals surface area contributed by atoms with Gasteiger partial charge in [0.25, 0.3) is 0 Å². The van der Waals surface area contributed by atoms with E-state index in [-0.39, 0.29) is 6.61 Å². The fourth-order valence-electron chi connectivity index (χ4n) is 0.950. The van der Waals surface area contributed by atoms with Gasteiger partial charge in [-0.05, 0) is 19.4 Å². The molecule has 0 aromatic carbocycles. The molecule has 0 bridgehead atoms. The molecule has 0 aromatic rings. The van der Waals surface area contributed by atoms with Crippen molar-refractivity contribution >= 4 is 0 Å². The van der Waals surface area contributed by atoms with Crippen molar-refractivity contribution in [2.24, 2.45) is 5.92 Å². The first-order valence-electron chi connectivity index (χ1n) is 4.50. The van der Waals surface area contributed by atoms with E-state index in [0.29, 0.717) is 12.0 Å². The molecule has 0 rings (SSSR count). The third-order valence-electron chi connectivity index (χ3n) is 1.62. The highest BCUT2D eigenvalue weighted by Crippen LogP contribution is 2.03. The first kappa shape index (κ1) is 13.5. The van der Waals surface area contributed by atoms with Crippen LogP contribution in [0.25, 0.3) is 0 Å². The van der Waals surface area contributed by atoms with Gasteiger partial charge in [-0.1, -0.05) is 27.7 Å². The molecule has 0 aliphatic rings. The Morgan fingerprint density at radius 2 is 1.73 bits per heavy atom. The lowest BCUT2D eigenvalue weighted by Gasteiger charge is -2.18. The van der Waals surface area contributed by atoms with Gasteiger partial charge in [-0.25, -0.2) is 0 Å². The van der Waals surface area contributed by atoms with Crippen LogP contribution in [-0.2, 0) is 0 Å². The second-order valence-electron chi connectivity index (χ2n) is 2.65. The van der Waals surface area contributed by atoms with Crippen LogP contribution >= 0.6 is 0 Å². The zero-order valence-electron chi connectivity index (χ0n) is 8.52. The Balaban J connectivity index is 0. The van der Waals surface area contributed by atoms with Crippen LogP contribution in [0.3, 0.4) is 0 Å². The third-order valence-corrected chi connectivity index (χ3v) is 1.62. The Morgan fingerprint density at radius 3 is 1.82 bits per heavy atom. The molecule has 2 heteroatoms. The van der Waals surface area contributed by atoms with Crippen LogP contribution in [0.15, 0.2) is 0 Å². The van der Waals surface area contributed by atoms with E-state index in [2.05, 4.69) is 19.2 Å². The third kappa shape index (κ3) is 7.82. The molecule has 0 aliphatic heterocycles. The summed E-state index contributed by atoms with van der Waals surface area (Å²) >= 11 is 0. The number of aliphatic hydroxyl groups excluding tert-OH is 1. The summed E-state index contributed by atoms with van der Waals surface area (Å²) in [6, 6.07) is 0.468. The number of hydrogen-bond acceptors (Lipinski definition) is 2. The highest BCUT2D eigenvalue weighted by molar-refractivity contribution is 4.66. The molecule has 0 saturated carbocycles. The molecule has 11 heavy (non-hydrogen) atoms. The van der Waals surface area contributed by atoms with Gasteiger partial charge in [-0.2, -0.15) is 0 Å². The molecule has 2 N–H and O–H groups in total. The summed E-state index contributed by atoms with van der Waals surface area (Å²) in [6.07, 6.45) is 0.855. The van der Waals surface area contributed by atoms with Gasteiger partial charge in [0.15, 0.2) is 0 Å². The van der Waals surface area contributed by atoms with Gasteiger partial charge in [0, 0.05) is 12.6 Å². The fourth-order valence-corrected chi connectivity index (χ4v) is 0.950. The van der Waals surface area contributed by atoms with Crippen LogP contribution in [0.2, 0.25) is 0 Å². The number of aliphatic hydroxyl groups is 1. The van der Waals surface area contributed by atoms with Gasteiger partial charge in [-0.15, -0.1) is 0 Å². The van der Waals surface area contributed by atoms with Crippen molar-refractivity contribution in [1.29, 1.82) is 0 Å². The summed E-state index contributed by atoms with van der Waals surface area (Å²) in [5.41, 5.74) is 0. The Morgan fingerprint density at radius 1 is 1.27 bits per heavy atom. The molecule has 2 nitrogen and oxygen atoms in total. The average molecular weight is 161 g/mol. The Labute approximate surface area is 71.0 Å². The van der Waals surface area contributed by atoms with Crippen LogP contribution in [0.5, 0.6) is 0 Å². The quantitative estimate of drug-likeness (QED) is 0.657. The van der Waals surface area contributed by atoms with E-state index in [1.165, 1.54) is 0 Å². The maximum Gasteiger partial charge on any atom is 0.0445 e. The van der Waals surface area contributed by atoms with E-state index >= 15 is 0 Å². The Hall–Kier alpha value is -0.0800. The maximum atomic E-state index is 8.58. The molecule has 0 radical (unpaired) electrons. The minimum atomic E-state index is 0.281. The molecular weight excluding hydrogens is 138 g/mol. The number of nitrogens with one attached hydrogen (secondary N) is 1. The summed E-state index contributed by atoms with van der Waals surface area (Å²) in [5.74, 6) is 0.613. The average Bonchev–Trinajstić information content (AvgIpc) is 2.03. The number of rotatable bonds is 4. The smallest absolute Gasteiger partial charge is 0.0445 e. The lowest BCUT2D eigenvalue weighted by atomic mass is 10.0. The highest BCUT2D eigenvalue weighted by Gasteiger charge is 2.08. The Bertz CT molecular complexity index is 64.6. The lowest BCUT2D eigenvalue weighted by molar-refractivity contribution is 0.249. The highest BCUT2D eigenvalue weighted by atomic mass is 16.3. The SMILES string of the molecule is CC.CNC(CCO)C(C)C. The molecule has 0 amide bonds. The topological polar surface area (TPSA) is 32.3 Å². The summed E-state index contributed by atoms with van der Waals surface area (Å²) in [7, 11) is 1.93. The number of hydrogen-bond donors (Lipinski definition) is 2. The first-order chi connectivity index (χ1) is 5.22. The van der Waals surface area contributed by atoms with Crippen molar-refractivity contribution in [1.82, 2.24) is 5.32 Å². The predicted molar refractivity (Wildman–Crippen MR) is 50.7 cm³/mol. The van der Waals surface area contributed by atoms with Crippen molar-refractivity contribution in [3.8, 4) is 0 Å². The molecular formula is C9H23NO. The molecule has 0 aliphatic carbocycles. The van der Waals surface area contributed by atoms with E-state index in [0.717, 1.165) is 6.42 Å². The van der Waals surface area contributed by atoms with Crippen LogP contribution < -0.4 is 5.32 Å². The summed E-state index contributed by atoms with van der Waals surface area (Å²) < 4.78 is 0. The zero-order chi connectivity index (χ0) is 9.28. The molecule has 0 fully saturated rings. The van der Waals surface area contributed by atoms with Crippen molar-refractivity contribution in [2.45, 2.75) is 40.2 Å². The monoisotopic (exact) mass is 161 g/mol. The van der Waals surface area contributed by atoms with Gasteiger partial charge in [0.1, 0.15) is 0 Å². The van der Waals surface area contributed by atoms with E-state index in [4.69, 9.17) is 5.11 Å². The predicted octanol–water partition coefficient (Wildman–Crippen LogP) is 1.64. The minimum Gasteiger partial charge on any atom is -0.396 e. The largest absolute Gasteiger partial charge is 0.396 e. The van der Waals surface area contributed by atoms with E-state index in [1.54, 1.807) is 0 Å². The second kappa shape index (κ2) is 9.92. The lowest BCUT2D eigenvalue weighted by Crippen LogP contribution is -2.31. The van der Waals surface area contributed by atoms with Crippen molar-refractivity contribution < 1.29 is 5.11 Å². The van der Waals surface area contributed by atoms with Crippen LogP contribution in [0.4, 0.5) is 0 Å². The Kier molecular flexibility index (Phi) is 12.2. The second-order valence-corrected chi connectivity index (χ2v) is 2.65. The van der Waals surface area contributed by atoms with Gasteiger partial charge < -0.3 is 10.4 Å². The van der Waals surface area contributed by atoms with Crippen LogP contribution in [0.1, 0.15) is 34.1 Å². The normalized spacial score (nSPS) is 12.3. The van der Waals surface area contributed by atoms with Gasteiger partial charge in [-0.3, -0.25) is 0 Å². The van der Waals surface area contributed by atoms with E-state index in [1.807, 2.05) is 20.9 Å². The van der Waals surface area contributed by atoms with Crippen LogP contribution in [-0.4, -0.2) is 24.8 Å². The molecule has 0 saturated heterocycles. The molecule has 1 atom stereocenters. The van der Waals surface area contributed by atoms with Crippen molar-refractivity contribution in [3.05, 3.63) is 0 Å². The van der Waals surface area contributed by atoms with Crippen molar-refractivity contribution in [3.63, 3.8) is 0 Å². The molecule has 0 aromatic heterocycles. The molecule has 1 unspecified atom stereocenters. The molecule has 70 valence electrons. The maximum absolute atomic E-state index is 8.58. The summed E-state index contributed by atoms with van der Waals surface area (Å²) in [4.78, 5) is 0. The first-order valence-corrected chi connectivity index (χ1v) is 4.50. The molecule has 0 heterocycles. The van der Waals surface area contributed by atoms with Gasteiger partial charge >= 0.3 is 0 Å². The van der Waals surface area contributed by atoms with E-state index in [9.17, 15) is 0 Å². The molecule has 0 spiro atoms. The summed E-state index contributed by atoms with van der Waals surface area (Å²) in [6.45, 7) is 8.58. The summed E-state index contributed by atoms with van der Waals surface area (Å²) in [5, 5.41) is 11.7. The standard InChI is InChI=1S/C7H17NO.C2H6/c1-6(2)7(8-3)4-5-9;1-2/h6-9H,4-5H2,1-3H3;1-2H3. The van der Waals surface area contributed by atoms with Gasteiger partial charge in [0.2, 0.25) is 0 Å². The zero-order valence-corrected chi connectivity index (χ0v) is 8.52. The van der Waals surface area contributed by atoms with Crippen LogP contribution in [0, 0.1) is 5.92 Å². The van der Waals surface area contributed by atoms with Gasteiger partial charge in [0.05, 0.1) is 0 Å². The minimum absolute atomic E-state index is 0.281. The van der Waals surface area contributed by atoms with E-state index < -0.39 is 0 Å². The van der Waals surface area contributed by atoms with Crippen molar-refractivity contribution in [2.75, 3.05) is 13.7 Å². The fraction of sp³-hybridized carbons (Fsp3) is 1.00.